The molecule has 0 radical (unpaired) electrons. The summed E-state index contributed by atoms with van der Waals surface area (Å²) in [6.07, 6.45) is 17.6. The van der Waals surface area contributed by atoms with Gasteiger partial charge >= 0.3 is 0 Å². The lowest BCUT2D eigenvalue weighted by Gasteiger charge is -2.63. The van der Waals surface area contributed by atoms with Crippen molar-refractivity contribution in [2.24, 2.45) is 34.5 Å². The molecule has 2 spiro atoms. The van der Waals surface area contributed by atoms with Gasteiger partial charge in [0.1, 0.15) is 0 Å². The van der Waals surface area contributed by atoms with Crippen molar-refractivity contribution in [3.05, 3.63) is 0 Å². The number of terminal acetylenes is 1. The number of hydrogen-bond donors (Lipinski definition) is 0. The van der Waals surface area contributed by atoms with Gasteiger partial charge in [-0.05, 0) is 67.6 Å². The maximum atomic E-state index is 6.31. The molecule has 6 fully saturated rings. The van der Waals surface area contributed by atoms with Gasteiger partial charge in [-0.2, -0.15) is 0 Å². The first-order chi connectivity index (χ1) is 14.1. The smallest absolute Gasteiger partial charge is 0.174 e. The Morgan fingerprint density at radius 3 is 2.31 bits per heavy atom. The van der Waals surface area contributed by atoms with Gasteiger partial charge in [0, 0.05) is 31.1 Å². The highest BCUT2D eigenvalue weighted by Gasteiger charge is 2.68. The van der Waals surface area contributed by atoms with E-state index in [9.17, 15) is 0 Å². The fraction of sp³-hybridized carbons (Fsp3) is 0.920. The highest BCUT2D eigenvalue weighted by molar-refractivity contribution is 5.16. The van der Waals surface area contributed by atoms with E-state index in [-0.39, 0.29) is 22.4 Å². The summed E-state index contributed by atoms with van der Waals surface area (Å²) in [6.45, 7) is 5.51. The quantitative estimate of drug-likeness (QED) is 0.607. The molecule has 2 aliphatic heterocycles. The molecule has 6 rings (SSSR count). The van der Waals surface area contributed by atoms with Crippen LogP contribution in [-0.4, -0.2) is 38.0 Å². The number of hydrogen-bond acceptors (Lipinski definition) is 4. The molecule has 2 heterocycles. The zero-order chi connectivity index (χ0) is 19.7. The lowest BCUT2D eigenvalue weighted by molar-refractivity contribution is -0.259. The predicted octanol–water partition coefficient (Wildman–Crippen LogP) is 4.52. The average Bonchev–Trinajstić information content (AvgIpc) is 3.44. The van der Waals surface area contributed by atoms with E-state index in [1.165, 1.54) is 38.5 Å². The maximum absolute atomic E-state index is 6.31. The van der Waals surface area contributed by atoms with Crippen LogP contribution in [0.4, 0.5) is 0 Å². The van der Waals surface area contributed by atoms with Gasteiger partial charge in [-0.3, -0.25) is 0 Å². The molecule has 29 heavy (non-hydrogen) atoms. The minimum Gasteiger partial charge on any atom is -0.348 e. The molecule has 0 aromatic carbocycles. The third-order valence-corrected chi connectivity index (χ3v) is 10.4. The first kappa shape index (κ1) is 19.1. The van der Waals surface area contributed by atoms with Gasteiger partial charge < -0.3 is 18.9 Å². The Morgan fingerprint density at radius 2 is 1.55 bits per heavy atom. The highest BCUT2D eigenvalue weighted by Crippen LogP contribution is 2.70. The molecule has 2 saturated heterocycles. The molecular weight excluding hydrogens is 364 g/mol. The fourth-order valence-corrected chi connectivity index (χ4v) is 9.18. The molecule has 6 aliphatic rings. The second-order valence-corrected chi connectivity index (χ2v) is 11.0. The zero-order valence-electron chi connectivity index (χ0n) is 17.9. The first-order valence-electron chi connectivity index (χ1n) is 12.1. The van der Waals surface area contributed by atoms with Crippen LogP contribution in [0.25, 0.3) is 0 Å². The van der Waals surface area contributed by atoms with Gasteiger partial charge in [-0.1, -0.05) is 6.92 Å². The molecule has 0 aromatic heterocycles. The van der Waals surface area contributed by atoms with E-state index in [0.717, 1.165) is 63.9 Å². The lowest BCUT2D eigenvalue weighted by atomic mass is 9.43. The van der Waals surface area contributed by atoms with Crippen molar-refractivity contribution >= 4 is 0 Å². The fourth-order valence-electron chi connectivity index (χ4n) is 9.18. The molecule has 4 heteroatoms. The van der Waals surface area contributed by atoms with Crippen LogP contribution in [0.1, 0.15) is 71.1 Å². The minimum atomic E-state index is -0.305. The predicted molar refractivity (Wildman–Crippen MR) is 109 cm³/mol. The molecule has 4 saturated carbocycles. The lowest BCUT2D eigenvalue weighted by Crippen LogP contribution is -2.59. The molecule has 0 bridgehead atoms. The molecule has 160 valence electrons. The SMILES string of the molecule is C#CCC12CCC3(C[C@@H]1CC[C@@H]1[C@@H]2CC[C@@]2(C)[C@H]1CCC21OCCO1)OCCO3. The van der Waals surface area contributed by atoms with Crippen molar-refractivity contribution in [3.8, 4) is 12.3 Å². The van der Waals surface area contributed by atoms with Crippen LogP contribution < -0.4 is 0 Å². The number of ether oxygens (including phenoxy) is 4. The van der Waals surface area contributed by atoms with E-state index in [2.05, 4.69) is 12.8 Å². The molecule has 6 atom stereocenters. The Balaban J connectivity index is 1.31. The van der Waals surface area contributed by atoms with Gasteiger partial charge in [0.25, 0.3) is 0 Å². The molecule has 0 amide bonds. The summed E-state index contributed by atoms with van der Waals surface area (Å²) >= 11 is 0. The van der Waals surface area contributed by atoms with Gasteiger partial charge in [0.2, 0.25) is 0 Å². The largest absolute Gasteiger partial charge is 0.348 e. The molecule has 1 unspecified atom stereocenters. The first-order valence-corrected chi connectivity index (χ1v) is 12.1. The van der Waals surface area contributed by atoms with Crippen molar-refractivity contribution in [1.82, 2.24) is 0 Å². The van der Waals surface area contributed by atoms with Gasteiger partial charge in [0.05, 0.1) is 26.4 Å². The van der Waals surface area contributed by atoms with Crippen LogP contribution in [-0.2, 0) is 18.9 Å². The van der Waals surface area contributed by atoms with Crippen LogP contribution in [0, 0.1) is 46.8 Å². The molecule has 4 nitrogen and oxygen atoms in total. The normalized spacial score (nSPS) is 49.5. The minimum absolute atomic E-state index is 0.169. The Kier molecular flexibility index (Phi) is 4.25. The second-order valence-electron chi connectivity index (χ2n) is 11.0. The third kappa shape index (κ3) is 2.42. The summed E-state index contributed by atoms with van der Waals surface area (Å²) in [6, 6.07) is 0. The summed E-state index contributed by atoms with van der Waals surface area (Å²) in [4.78, 5) is 0. The van der Waals surface area contributed by atoms with Crippen LogP contribution in [0.3, 0.4) is 0 Å². The van der Waals surface area contributed by atoms with Crippen molar-refractivity contribution in [2.75, 3.05) is 26.4 Å². The average molecular weight is 401 g/mol. The summed E-state index contributed by atoms with van der Waals surface area (Å²) in [5.41, 5.74) is 0.453. The van der Waals surface area contributed by atoms with Crippen LogP contribution in [0.15, 0.2) is 0 Å². The van der Waals surface area contributed by atoms with Crippen molar-refractivity contribution in [2.45, 2.75) is 82.7 Å². The molecule has 0 aromatic rings. The van der Waals surface area contributed by atoms with Gasteiger partial charge in [-0.25, -0.2) is 0 Å². The van der Waals surface area contributed by atoms with Crippen molar-refractivity contribution in [1.29, 1.82) is 0 Å². The Bertz CT molecular complexity index is 700. The van der Waals surface area contributed by atoms with E-state index < -0.39 is 0 Å². The summed E-state index contributed by atoms with van der Waals surface area (Å²) in [5.74, 6) is 5.38. The van der Waals surface area contributed by atoms with Crippen LogP contribution in [0.5, 0.6) is 0 Å². The summed E-state index contributed by atoms with van der Waals surface area (Å²) < 4.78 is 24.9. The standard InChI is InChI=1S/C25H36O4/c1-3-8-23-11-12-24(26-13-14-27-24)17-18(23)4-5-19-20-7-10-25(28-15-16-29-25)22(20,2)9-6-21(19)23/h1,18-21H,4-17H2,2H3/t18-,19-,20-,21-,22-,23?/m0/s1. The maximum Gasteiger partial charge on any atom is 0.174 e. The number of fused-ring (bicyclic) bond motifs is 6. The van der Waals surface area contributed by atoms with E-state index in [0.29, 0.717) is 11.8 Å². The van der Waals surface area contributed by atoms with E-state index in [1.54, 1.807) is 0 Å². The molecular formula is C25H36O4. The second kappa shape index (κ2) is 6.45. The Hall–Kier alpha value is -0.600. The van der Waals surface area contributed by atoms with Crippen LogP contribution in [0.2, 0.25) is 0 Å². The zero-order valence-corrected chi connectivity index (χ0v) is 17.9. The van der Waals surface area contributed by atoms with Crippen LogP contribution >= 0.6 is 0 Å². The van der Waals surface area contributed by atoms with E-state index in [1.807, 2.05) is 0 Å². The summed E-state index contributed by atoms with van der Waals surface area (Å²) in [5, 5.41) is 0. The Labute approximate surface area is 175 Å². The van der Waals surface area contributed by atoms with Gasteiger partial charge in [0.15, 0.2) is 11.6 Å². The van der Waals surface area contributed by atoms with Crippen molar-refractivity contribution in [3.63, 3.8) is 0 Å². The topological polar surface area (TPSA) is 36.9 Å². The van der Waals surface area contributed by atoms with Gasteiger partial charge in [-0.15, -0.1) is 12.3 Å². The van der Waals surface area contributed by atoms with E-state index >= 15 is 0 Å². The summed E-state index contributed by atoms with van der Waals surface area (Å²) in [7, 11) is 0. The van der Waals surface area contributed by atoms with E-state index in [4.69, 9.17) is 25.4 Å². The third-order valence-electron chi connectivity index (χ3n) is 10.4. The number of rotatable bonds is 1. The monoisotopic (exact) mass is 400 g/mol. The van der Waals surface area contributed by atoms with Crippen molar-refractivity contribution < 1.29 is 18.9 Å². The highest BCUT2D eigenvalue weighted by atomic mass is 16.7. The molecule has 4 aliphatic carbocycles. The Morgan fingerprint density at radius 1 is 0.828 bits per heavy atom. The molecule has 0 N–H and O–H groups in total.